The summed E-state index contributed by atoms with van der Waals surface area (Å²) in [6.45, 7) is 3.97. The third kappa shape index (κ3) is 5.20. The van der Waals surface area contributed by atoms with E-state index < -0.39 is 0 Å². The van der Waals surface area contributed by atoms with Crippen LogP contribution in [0.2, 0.25) is 0 Å². The molecule has 5 heteroatoms. The minimum atomic E-state index is -0.221. The van der Waals surface area contributed by atoms with Gasteiger partial charge in [0.15, 0.2) is 0 Å². The molecule has 0 atom stereocenters. The number of carbonyl (C=O) groups is 2. The molecule has 0 aromatic heterocycles. The van der Waals surface area contributed by atoms with Crippen molar-refractivity contribution in [3.63, 3.8) is 0 Å². The van der Waals surface area contributed by atoms with Crippen LogP contribution in [0.3, 0.4) is 0 Å². The summed E-state index contributed by atoms with van der Waals surface area (Å²) in [6, 6.07) is 13.5. The topological polar surface area (TPSA) is 58.2 Å². The average Bonchev–Trinajstić information content (AvgIpc) is 2.55. The van der Waals surface area contributed by atoms with Crippen LogP contribution in [0.5, 0.6) is 0 Å². The Morgan fingerprint density at radius 2 is 1.83 bits per heavy atom. The first-order chi connectivity index (χ1) is 11.5. The van der Waals surface area contributed by atoms with Gasteiger partial charge in [-0.1, -0.05) is 53.2 Å². The summed E-state index contributed by atoms with van der Waals surface area (Å²) in [5.74, 6) is -0.398. The lowest BCUT2D eigenvalue weighted by atomic mass is 10.1. The van der Waals surface area contributed by atoms with Crippen molar-refractivity contribution in [1.29, 1.82) is 0 Å². The number of para-hydroxylation sites is 1. The Morgan fingerprint density at radius 1 is 1.08 bits per heavy atom. The summed E-state index contributed by atoms with van der Waals surface area (Å²) in [6.07, 6.45) is 1.09. The van der Waals surface area contributed by atoms with E-state index in [-0.39, 0.29) is 24.8 Å². The first-order valence-electron chi connectivity index (χ1n) is 7.89. The Kier molecular flexibility index (Phi) is 6.55. The minimum absolute atomic E-state index is 0.0374. The van der Waals surface area contributed by atoms with E-state index in [2.05, 4.69) is 26.6 Å². The second-order valence-corrected chi connectivity index (χ2v) is 6.51. The molecule has 0 aliphatic rings. The lowest BCUT2D eigenvalue weighted by Gasteiger charge is -2.13. The van der Waals surface area contributed by atoms with Gasteiger partial charge >= 0.3 is 0 Å². The number of carbonyl (C=O) groups excluding carboxylic acids is 2. The Labute approximate surface area is 150 Å². The zero-order valence-electron chi connectivity index (χ0n) is 13.9. The largest absolute Gasteiger partial charge is 0.347 e. The van der Waals surface area contributed by atoms with E-state index in [0.29, 0.717) is 0 Å². The molecular formula is C19H21BrN2O2. The molecule has 126 valence electrons. The van der Waals surface area contributed by atoms with E-state index in [4.69, 9.17) is 0 Å². The summed E-state index contributed by atoms with van der Waals surface area (Å²) in [7, 11) is 0. The fourth-order valence-electron chi connectivity index (χ4n) is 2.46. The summed E-state index contributed by atoms with van der Waals surface area (Å²) in [4.78, 5) is 24.1. The van der Waals surface area contributed by atoms with Gasteiger partial charge in [-0.2, -0.15) is 0 Å². The molecule has 0 spiro atoms. The molecule has 2 aromatic rings. The number of benzene rings is 2. The SMILES string of the molecule is CCc1cccc(C)c1NC(=O)CNC(=O)Cc1cccc(Br)c1. The number of hydrogen-bond acceptors (Lipinski definition) is 2. The molecule has 0 radical (unpaired) electrons. The summed E-state index contributed by atoms with van der Waals surface area (Å²) < 4.78 is 0.928. The van der Waals surface area contributed by atoms with Crippen LogP contribution in [0.15, 0.2) is 46.9 Å². The van der Waals surface area contributed by atoms with E-state index in [1.807, 2.05) is 56.3 Å². The van der Waals surface area contributed by atoms with Gasteiger partial charge in [-0.3, -0.25) is 9.59 Å². The molecule has 2 aromatic carbocycles. The predicted molar refractivity (Wildman–Crippen MR) is 100 cm³/mol. The summed E-state index contributed by atoms with van der Waals surface area (Å²) in [5.41, 5.74) is 3.84. The highest BCUT2D eigenvalue weighted by Gasteiger charge is 2.10. The van der Waals surface area contributed by atoms with Gasteiger partial charge in [0.1, 0.15) is 0 Å². The van der Waals surface area contributed by atoms with Crippen molar-refractivity contribution in [3.05, 3.63) is 63.6 Å². The number of halogens is 1. The van der Waals surface area contributed by atoms with Crippen molar-refractivity contribution < 1.29 is 9.59 Å². The van der Waals surface area contributed by atoms with Crippen LogP contribution in [-0.2, 0) is 22.4 Å². The van der Waals surface area contributed by atoms with Crippen LogP contribution in [0, 0.1) is 6.92 Å². The maximum atomic E-state index is 12.1. The van der Waals surface area contributed by atoms with E-state index in [0.717, 1.165) is 33.3 Å². The number of nitrogens with one attached hydrogen (secondary N) is 2. The van der Waals surface area contributed by atoms with Crippen LogP contribution >= 0.6 is 15.9 Å². The fourth-order valence-corrected chi connectivity index (χ4v) is 2.91. The molecule has 0 fully saturated rings. The van der Waals surface area contributed by atoms with Crippen molar-refractivity contribution in [2.75, 3.05) is 11.9 Å². The van der Waals surface area contributed by atoms with Crippen LogP contribution in [0.4, 0.5) is 5.69 Å². The van der Waals surface area contributed by atoms with Crippen molar-refractivity contribution >= 4 is 33.4 Å². The molecular weight excluding hydrogens is 368 g/mol. The van der Waals surface area contributed by atoms with E-state index in [1.54, 1.807) is 0 Å². The average molecular weight is 389 g/mol. The maximum absolute atomic E-state index is 12.1. The quantitative estimate of drug-likeness (QED) is 0.793. The van der Waals surface area contributed by atoms with E-state index >= 15 is 0 Å². The Hall–Kier alpha value is -2.14. The molecule has 0 heterocycles. The molecule has 0 saturated carbocycles. The number of amides is 2. The number of anilines is 1. The van der Waals surface area contributed by atoms with Gasteiger partial charge in [-0.25, -0.2) is 0 Å². The Balaban J connectivity index is 1.88. The van der Waals surface area contributed by atoms with Crippen molar-refractivity contribution in [1.82, 2.24) is 5.32 Å². The van der Waals surface area contributed by atoms with Gasteiger partial charge in [-0.05, 0) is 42.2 Å². The highest BCUT2D eigenvalue weighted by molar-refractivity contribution is 9.10. The number of hydrogen-bond donors (Lipinski definition) is 2. The normalized spacial score (nSPS) is 10.3. The van der Waals surface area contributed by atoms with Crippen LogP contribution in [0.25, 0.3) is 0 Å². The smallest absolute Gasteiger partial charge is 0.243 e. The minimum Gasteiger partial charge on any atom is -0.347 e. The van der Waals surface area contributed by atoms with E-state index in [1.165, 1.54) is 0 Å². The lowest BCUT2D eigenvalue weighted by Crippen LogP contribution is -2.34. The zero-order valence-corrected chi connectivity index (χ0v) is 15.4. The molecule has 2 amide bonds. The van der Waals surface area contributed by atoms with Gasteiger partial charge < -0.3 is 10.6 Å². The van der Waals surface area contributed by atoms with Crippen molar-refractivity contribution in [2.45, 2.75) is 26.7 Å². The molecule has 24 heavy (non-hydrogen) atoms. The molecule has 4 nitrogen and oxygen atoms in total. The summed E-state index contributed by atoms with van der Waals surface area (Å²) >= 11 is 3.38. The van der Waals surface area contributed by atoms with Crippen LogP contribution in [-0.4, -0.2) is 18.4 Å². The van der Waals surface area contributed by atoms with Gasteiger partial charge in [0, 0.05) is 10.2 Å². The van der Waals surface area contributed by atoms with Gasteiger partial charge in [-0.15, -0.1) is 0 Å². The first kappa shape index (κ1) is 18.2. The third-order valence-corrected chi connectivity index (χ3v) is 4.20. The lowest BCUT2D eigenvalue weighted by molar-refractivity contribution is -0.123. The molecule has 0 aliphatic heterocycles. The fraction of sp³-hybridized carbons (Fsp3) is 0.263. The first-order valence-corrected chi connectivity index (χ1v) is 8.68. The second-order valence-electron chi connectivity index (χ2n) is 5.59. The second kappa shape index (κ2) is 8.64. The number of rotatable bonds is 6. The molecule has 0 aliphatic carbocycles. The van der Waals surface area contributed by atoms with Crippen LogP contribution in [0.1, 0.15) is 23.6 Å². The van der Waals surface area contributed by atoms with Crippen molar-refractivity contribution in [3.8, 4) is 0 Å². The molecule has 2 N–H and O–H groups in total. The van der Waals surface area contributed by atoms with Crippen LogP contribution < -0.4 is 10.6 Å². The highest BCUT2D eigenvalue weighted by Crippen LogP contribution is 2.20. The van der Waals surface area contributed by atoms with Gasteiger partial charge in [0.25, 0.3) is 0 Å². The summed E-state index contributed by atoms with van der Waals surface area (Å²) in [5, 5.41) is 5.56. The van der Waals surface area contributed by atoms with Crippen molar-refractivity contribution in [2.24, 2.45) is 0 Å². The molecule has 0 saturated heterocycles. The predicted octanol–water partition coefficient (Wildman–Crippen LogP) is 3.62. The highest BCUT2D eigenvalue weighted by atomic mass is 79.9. The maximum Gasteiger partial charge on any atom is 0.243 e. The zero-order chi connectivity index (χ0) is 17.5. The monoisotopic (exact) mass is 388 g/mol. The molecule has 0 unspecified atom stereocenters. The van der Waals surface area contributed by atoms with Gasteiger partial charge in [0.05, 0.1) is 13.0 Å². The Bertz CT molecular complexity index is 744. The van der Waals surface area contributed by atoms with Gasteiger partial charge in [0.2, 0.25) is 11.8 Å². The molecule has 2 rings (SSSR count). The molecule has 0 bridgehead atoms. The third-order valence-electron chi connectivity index (χ3n) is 3.70. The standard InChI is InChI=1S/C19H21BrN2O2/c1-3-15-8-4-6-13(2)19(15)22-18(24)12-21-17(23)11-14-7-5-9-16(20)10-14/h4-10H,3,11-12H2,1-2H3,(H,21,23)(H,22,24). The Morgan fingerprint density at radius 3 is 2.54 bits per heavy atom. The number of aryl methyl sites for hydroxylation is 2. The van der Waals surface area contributed by atoms with E-state index in [9.17, 15) is 9.59 Å².